The lowest BCUT2D eigenvalue weighted by Gasteiger charge is -2.19. The highest BCUT2D eigenvalue weighted by Crippen LogP contribution is 2.30. The van der Waals surface area contributed by atoms with Gasteiger partial charge >= 0.3 is 6.09 Å². The molecule has 35 heavy (non-hydrogen) atoms. The van der Waals surface area contributed by atoms with Gasteiger partial charge in [-0.25, -0.2) is 9.48 Å². The maximum absolute atomic E-state index is 12.4. The number of ether oxygens (including phenoxy) is 1. The van der Waals surface area contributed by atoms with Crippen molar-refractivity contribution in [2.75, 3.05) is 5.32 Å². The number of nitrogens with one attached hydrogen (secondary N) is 2. The van der Waals surface area contributed by atoms with Crippen molar-refractivity contribution in [3.63, 3.8) is 0 Å². The second-order valence-electron chi connectivity index (χ2n) is 9.22. The number of amides is 1. The molecule has 0 saturated heterocycles. The Morgan fingerprint density at radius 2 is 1.83 bits per heavy atom. The molecule has 0 aliphatic carbocycles. The van der Waals surface area contributed by atoms with Crippen LogP contribution in [0.5, 0.6) is 0 Å². The number of aromatic nitrogens is 7. The van der Waals surface area contributed by atoms with E-state index in [9.17, 15) is 4.79 Å². The van der Waals surface area contributed by atoms with Crippen LogP contribution in [0.4, 0.5) is 10.7 Å². The van der Waals surface area contributed by atoms with Crippen molar-refractivity contribution in [1.82, 2.24) is 35.4 Å². The predicted octanol–water partition coefficient (Wildman–Crippen LogP) is 4.86. The van der Waals surface area contributed by atoms with Gasteiger partial charge in [-0.3, -0.25) is 5.32 Å². The lowest BCUT2D eigenvalue weighted by molar-refractivity contribution is 0.0634. The minimum Gasteiger partial charge on any atom is -0.444 e. The Morgan fingerprint density at radius 1 is 1.09 bits per heavy atom. The van der Waals surface area contributed by atoms with Gasteiger partial charge in [-0.15, -0.1) is 10.2 Å². The van der Waals surface area contributed by atoms with E-state index >= 15 is 0 Å². The van der Waals surface area contributed by atoms with E-state index < -0.39 is 11.7 Å². The number of carbonyl (C=O) groups is 1. The summed E-state index contributed by atoms with van der Waals surface area (Å²) in [5.41, 5.74) is 3.35. The summed E-state index contributed by atoms with van der Waals surface area (Å²) in [6.45, 7) is 8.04. The fourth-order valence-corrected chi connectivity index (χ4v) is 3.60. The lowest BCUT2D eigenvalue weighted by atomic mass is 9.98. The van der Waals surface area contributed by atoms with Gasteiger partial charge in [-0.2, -0.15) is 15.3 Å². The van der Waals surface area contributed by atoms with Gasteiger partial charge in [0.1, 0.15) is 5.60 Å². The largest absolute Gasteiger partial charge is 0.444 e. The Hall–Kier alpha value is -4.08. The molecule has 1 amide bonds. The van der Waals surface area contributed by atoms with Gasteiger partial charge < -0.3 is 4.74 Å². The standard InChI is InChI=1S/C25H30N8O2/c1-5-6-11-21-26-23(27-24(34)35-25(2,3)4)33(30-21)16-17-12-14-18(15-13-17)19-9-7-8-10-20(19)22-28-31-32-29-22/h7-10,12-15H,5-6,11,16H2,1-4H3,(H,26,27,30,34)(H,28,29,31,32). The van der Waals surface area contributed by atoms with Crippen LogP contribution in [-0.4, -0.2) is 47.1 Å². The molecule has 0 fully saturated rings. The van der Waals surface area contributed by atoms with Crippen molar-refractivity contribution in [2.45, 2.75) is 59.1 Å². The topological polar surface area (TPSA) is 124 Å². The molecule has 182 valence electrons. The molecule has 0 aliphatic heterocycles. The Balaban J connectivity index is 1.55. The first-order chi connectivity index (χ1) is 16.8. The van der Waals surface area contributed by atoms with Crippen LogP contribution >= 0.6 is 0 Å². The van der Waals surface area contributed by atoms with E-state index in [1.54, 1.807) is 4.68 Å². The van der Waals surface area contributed by atoms with Crippen LogP contribution in [0.2, 0.25) is 0 Å². The third-order valence-corrected chi connectivity index (χ3v) is 5.19. The van der Waals surface area contributed by atoms with Crippen LogP contribution in [0.15, 0.2) is 48.5 Å². The Morgan fingerprint density at radius 3 is 2.49 bits per heavy atom. The molecule has 4 aromatic rings. The first-order valence-corrected chi connectivity index (χ1v) is 11.7. The van der Waals surface area contributed by atoms with E-state index in [2.05, 4.69) is 42.9 Å². The van der Waals surface area contributed by atoms with Gasteiger partial charge in [-0.05, 0) is 49.1 Å². The zero-order valence-corrected chi connectivity index (χ0v) is 20.4. The minimum atomic E-state index is -0.604. The first-order valence-electron chi connectivity index (χ1n) is 11.7. The second kappa shape index (κ2) is 10.5. The lowest BCUT2D eigenvalue weighted by Crippen LogP contribution is -2.28. The molecular formula is C25H30N8O2. The number of tetrazole rings is 1. The van der Waals surface area contributed by atoms with Crippen LogP contribution in [0.3, 0.4) is 0 Å². The van der Waals surface area contributed by atoms with E-state index in [1.807, 2.05) is 69.3 Å². The average molecular weight is 475 g/mol. The number of hydrogen-bond donors (Lipinski definition) is 2. The third kappa shape index (κ3) is 6.28. The zero-order chi connectivity index (χ0) is 24.8. The number of anilines is 1. The number of carbonyl (C=O) groups excluding carboxylic acids is 1. The predicted molar refractivity (Wildman–Crippen MR) is 133 cm³/mol. The quantitative estimate of drug-likeness (QED) is 0.374. The van der Waals surface area contributed by atoms with Crippen molar-refractivity contribution in [3.8, 4) is 22.5 Å². The summed E-state index contributed by atoms with van der Waals surface area (Å²) >= 11 is 0. The molecule has 0 unspecified atom stereocenters. The number of aryl methyl sites for hydroxylation is 1. The van der Waals surface area contributed by atoms with Crippen LogP contribution in [-0.2, 0) is 17.7 Å². The summed E-state index contributed by atoms with van der Waals surface area (Å²) in [5.74, 6) is 1.62. The van der Waals surface area contributed by atoms with Gasteiger partial charge in [0.25, 0.3) is 0 Å². The van der Waals surface area contributed by atoms with E-state index in [4.69, 9.17) is 4.74 Å². The molecule has 2 N–H and O–H groups in total. The Kier molecular flexibility index (Phi) is 7.19. The molecule has 2 aromatic carbocycles. The summed E-state index contributed by atoms with van der Waals surface area (Å²) in [6, 6.07) is 16.1. The molecular weight excluding hydrogens is 444 g/mol. The van der Waals surface area contributed by atoms with E-state index in [0.29, 0.717) is 24.1 Å². The number of unbranched alkanes of at least 4 members (excludes halogenated alkanes) is 1. The summed E-state index contributed by atoms with van der Waals surface area (Å²) in [5, 5.41) is 21.8. The van der Waals surface area contributed by atoms with Crippen molar-refractivity contribution in [3.05, 3.63) is 59.9 Å². The molecule has 0 saturated carbocycles. The van der Waals surface area contributed by atoms with Crippen LogP contribution in [0.25, 0.3) is 22.5 Å². The maximum atomic E-state index is 12.4. The normalized spacial score (nSPS) is 11.4. The number of aromatic amines is 1. The third-order valence-electron chi connectivity index (χ3n) is 5.19. The highest BCUT2D eigenvalue weighted by molar-refractivity contribution is 5.82. The molecule has 0 spiro atoms. The second-order valence-corrected chi connectivity index (χ2v) is 9.22. The first kappa shape index (κ1) is 24.1. The van der Waals surface area contributed by atoms with Gasteiger partial charge in [-0.1, -0.05) is 61.9 Å². The number of H-pyrrole nitrogens is 1. The Bertz CT molecular complexity index is 1260. The van der Waals surface area contributed by atoms with Crippen LogP contribution < -0.4 is 5.32 Å². The number of nitrogens with zero attached hydrogens (tertiary/aromatic N) is 6. The van der Waals surface area contributed by atoms with E-state index in [0.717, 1.165) is 41.5 Å². The van der Waals surface area contributed by atoms with E-state index in [1.165, 1.54) is 0 Å². The molecule has 0 bridgehead atoms. The molecule has 10 heteroatoms. The molecule has 10 nitrogen and oxygen atoms in total. The fourth-order valence-electron chi connectivity index (χ4n) is 3.60. The van der Waals surface area contributed by atoms with Crippen molar-refractivity contribution < 1.29 is 9.53 Å². The highest BCUT2D eigenvalue weighted by atomic mass is 16.6. The highest BCUT2D eigenvalue weighted by Gasteiger charge is 2.19. The maximum Gasteiger partial charge on any atom is 0.414 e. The molecule has 2 heterocycles. The van der Waals surface area contributed by atoms with E-state index in [-0.39, 0.29) is 0 Å². The van der Waals surface area contributed by atoms with Crippen molar-refractivity contribution >= 4 is 12.0 Å². The fraction of sp³-hybridized carbons (Fsp3) is 0.360. The van der Waals surface area contributed by atoms with Gasteiger partial charge in [0.15, 0.2) is 5.82 Å². The zero-order valence-electron chi connectivity index (χ0n) is 20.4. The minimum absolute atomic E-state index is 0.372. The Labute approximate surface area is 204 Å². The monoisotopic (exact) mass is 474 g/mol. The summed E-state index contributed by atoms with van der Waals surface area (Å²) in [7, 11) is 0. The average Bonchev–Trinajstić information content (AvgIpc) is 3.48. The van der Waals surface area contributed by atoms with Gasteiger partial charge in [0.05, 0.1) is 6.54 Å². The van der Waals surface area contributed by atoms with Gasteiger partial charge in [0, 0.05) is 12.0 Å². The van der Waals surface area contributed by atoms with Crippen molar-refractivity contribution in [1.29, 1.82) is 0 Å². The summed E-state index contributed by atoms with van der Waals surface area (Å²) < 4.78 is 7.10. The SMILES string of the molecule is CCCCc1nc(NC(=O)OC(C)(C)C)n(Cc2ccc(-c3ccccc3-c3nn[nH]n3)cc2)n1. The summed E-state index contributed by atoms with van der Waals surface area (Å²) in [6.07, 6.45) is 2.21. The van der Waals surface area contributed by atoms with Crippen molar-refractivity contribution in [2.24, 2.45) is 0 Å². The van der Waals surface area contributed by atoms with Gasteiger partial charge in [0.2, 0.25) is 11.8 Å². The molecule has 0 radical (unpaired) electrons. The number of benzene rings is 2. The molecule has 0 aliphatic rings. The number of hydrogen-bond acceptors (Lipinski definition) is 7. The molecule has 4 rings (SSSR count). The molecule has 2 aromatic heterocycles. The summed E-state index contributed by atoms with van der Waals surface area (Å²) in [4.78, 5) is 16.9. The smallest absolute Gasteiger partial charge is 0.414 e. The number of rotatable bonds is 8. The van der Waals surface area contributed by atoms with Crippen LogP contribution in [0.1, 0.15) is 51.9 Å². The van der Waals surface area contributed by atoms with Crippen LogP contribution in [0, 0.1) is 0 Å². The molecule has 0 atom stereocenters.